The smallest absolute Gasteiger partial charge is 0.257 e. The number of sulfonamides is 1. The third-order valence-electron chi connectivity index (χ3n) is 5.28. The van der Waals surface area contributed by atoms with Crippen molar-refractivity contribution in [2.75, 3.05) is 59.6 Å². The second-order valence-corrected chi connectivity index (χ2v) is 9.40. The van der Waals surface area contributed by atoms with Crippen molar-refractivity contribution in [3.05, 3.63) is 48.5 Å². The third-order valence-corrected chi connectivity index (χ3v) is 7.20. The summed E-state index contributed by atoms with van der Waals surface area (Å²) in [6.45, 7) is 5.58. The van der Waals surface area contributed by atoms with E-state index in [1.54, 1.807) is 55.6 Å². The second-order valence-electron chi connectivity index (χ2n) is 7.46. The van der Waals surface area contributed by atoms with E-state index in [0.717, 1.165) is 5.75 Å². The van der Waals surface area contributed by atoms with Crippen LogP contribution in [0.2, 0.25) is 0 Å². The molecule has 2 aromatic carbocycles. The zero-order valence-electron chi connectivity index (χ0n) is 19.0. The van der Waals surface area contributed by atoms with Crippen molar-refractivity contribution in [1.82, 2.24) is 14.5 Å². The van der Waals surface area contributed by atoms with Crippen molar-refractivity contribution in [3.63, 3.8) is 0 Å². The van der Waals surface area contributed by atoms with E-state index >= 15 is 0 Å². The Morgan fingerprint density at radius 1 is 0.909 bits per heavy atom. The number of hydrogen-bond donors (Lipinski definition) is 1. The molecule has 3 rings (SSSR count). The van der Waals surface area contributed by atoms with E-state index in [0.29, 0.717) is 57.4 Å². The number of nitrogens with zero attached hydrogens (tertiary/aromatic N) is 2. The summed E-state index contributed by atoms with van der Waals surface area (Å²) in [7, 11) is -1.99. The molecule has 0 spiro atoms. The molecule has 10 heteroatoms. The molecule has 1 saturated heterocycles. The molecule has 1 heterocycles. The minimum absolute atomic E-state index is 0.0676. The van der Waals surface area contributed by atoms with Crippen LogP contribution in [0, 0.1) is 0 Å². The van der Waals surface area contributed by atoms with Crippen molar-refractivity contribution in [2.24, 2.45) is 0 Å². The summed E-state index contributed by atoms with van der Waals surface area (Å²) in [6, 6.07) is 13.5. The van der Waals surface area contributed by atoms with Gasteiger partial charge in [-0.3, -0.25) is 9.69 Å². The molecular formula is C23H31N3O6S. The van der Waals surface area contributed by atoms with Crippen molar-refractivity contribution < 1.29 is 27.4 Å². The molecule has 0 atom stereocenters. The summed E-state index contributed by atoms with van der Waals surface area (Å²) in [4.78, 5) is 14.4. The highest BCUT2D eigenvalue weighted by atomic mass is 32.2. The fourth-order valence-corrected chi connectivity index (χ4v) is 4.86. The minimum Gasteiger partial charge on any atom is -0.497 e. The molecule has 33 heavy (non-hydrogen) atoms. The number of methoxy groups -OCH3 is 1. The van der Waals surface area contributed by atoms with Crippen LogP contribution in [0.5, 0.6) is 17.2 Å². The van der Waals surface area contributed by atoms with Crippen molar-refractivity contribution in [3.8, 4) is 17.2 Å². The molecule has 0 aromatic heterocycles. The first-order valence-electron chi connectivity index (χ1n) is 10.9. The summed E-state index contributed by atoms with van der Waals surface area (Å²) in [5, 5.41) is 2.84. The van der Waals surface area contributed by atoms with Gasteiger partial charge in [0.1, 0.15) is 17.2 Å². The molecule has 1 aliphatic heterocycles. The SMILES string of the molecule is CCOc1ccc(OCC(=O)NCCN2CCN(S(=O)(=O)c3ccc(OC)cc3)CC2)cc1. The van der Waals surface area contributed by atoms with Gasteiger partial charge in [0.15, 0.2) is 6.61 Å². The summed E-state index contributed by atoms with van der Waals surface area (Å²) < 4.78 is 43.1. The molecule has 0 aliphatic carbocycles. The third kappa shape index (κ3) is 7.08. The van der Waals surface area contributed by atoms with Crippen LogP contribution in [-0.4, -0.2) is 83.1 Å². The van der Waals surface area contributed by atoms with E-state index in [4.69, 9.17) is 14.2 Å². The van der Waals surface area contributed by atoms with Gasteiger partial charge in [-0.05, 0) is 55.5 Å². The Morgan fingerprint density at radius 2 is 1.48 bits per heavy atom. The molecule has 1 N–H and O–H groups in total. The van der Waals surface area contributed by atoms with E-state index in [2.05, 4.69) is 10.2 Å². The van der Waals surface area contributed by atoms with Gasteiger partial charge in [-0.2, -0.15) is 4.31 Å². The van der Waals surface area contributed by atoms with Gasteiger partial charge in [0.05, 0.1) is 18.6 Å². The normalized spacial score (nSPS) is 15.1. The highest BCUT2D eigenvalue weighted by molar-refractivity contribution is 7.89. The second kappa shape index (κ2) is 11.9. The molecule has 1 fully saturated rings. The lowest BCUT2D eigenvalue weighted by Gasteiger charge is -2.34. The molecule has 180 valence electrons. The van der Waals surface area contributed by atoms with Crippen LogP contribution in [0.4, 0.5) is 0 Å². The van der Waals surface area contributed by atoms with Gasteiger partial charge in [-0.15, -0.1) is 0 Å². The molecule has 0 bridgehead atoms. The van der Waals surface area contributed by atoms with E-state index in [9.17, 15) is 13.2 Å². The van der Waals surface area contributed by atoms with Gasteiger partial charge in [-0.1, -0.05) is 0 Å². The summed E-state index contributed by atoms with van der Waals surface area (Å²) in [6.07, 6.45) is 0. The lowest BCUT2D eigenvalue weighted by atomic mass is 10.3. The number of ether oxygens (including phenoxy) is 3. The number of hydrogen-bond acceptors (Lipinski definition) is 7. The predicted octanol–water partition coefficient (Wildman–Crippen LogP) is 1.60. The van der Waals surface area contributed by atoms with Crippen LogP contribution < -0.4 is 19.5 Å². The van der Waals surface area contributed by atoms with Crippen molar-refractivity contribution >= 4 is 15.9 Å². The molecule has 0 radical (unpaired) electrons. The molecule has 1 aliphatic rings. The lowest BCUT2D eigenvalue weighted by Crippen LogP contribution is -2.50. The van der Waals surface area contributed by atoms with Crippen LogP contribution in [0.1, 0.15) is 6.92 Å². The number of carbonyl (C=O) groups is 1. The number of carbonyl (C=O) groups excluding carboxylic acids is 1. The number of rotatable bonds is 11. The first kappa shape index (κ1) is 24.8. The van der Waals surface area contributed by atoms with Gasteiger partial charge >= 0.3 is 0 Å². The number of benzene rings is 2. The summed E-state index contributed by atoms with van der Waals surface area (Å²) >= 11 is 0. The van der Waals surface area contributed by atoms with Crippen LogP contribution in [0.25, 0.3) is 0 Å². The number of nitrogens with one attached hydrogen (secondary N) is 1. The van der Waals surface area contributed by atoms with E-state index in [1.807, 2.05) is 6.92 Å². The first-order valence-corrected chi connectivity index (χ1v) is 12.4. The number of piperazine rings is 1. The van der Waals surface area contributed by atoms with Gasteiger partial charge in [0.2, 0.25) is 10.0 Å². The summed E-state index contributed by atoms with van der Waals surface area (Å²) in [5.41, 5.74) is 0. The zero-order chi connectivity index (χ0) is 23.7. The molecule has 0 saturated carbocycles. The zero-order valence-corrected chi connectivity index (χ0v) is 19.8. The molecule has 1 amide bonds. The lowest BCUT2D eigenvalue weighted by molar-refractivity contribution is -0.123. The monoisotopic (exact) mass is 477 g/mol. The van der Waals surface area contributed by atoms with E-state index in [1.165, 1.54) is 4.31 Å². The Hall–Kier alpha value is -2.82. The van der Waals surface area contributed by atoms with Gasteiger partial charge < -0.3 is 19.5 Å². The average molecular weight is 478 g/mol. The maximum absolute atomic E-state index is 12.8. The van der Waals surface area contributed by atoms with Crippen LogP contribution in [0.3, 0.4) is 0 Å². The average Bonchev–Trinajstić information content (AvgIpc) is 2.84. The van der Waals surface area contributed by atoms with E-state index < -0.39 is 10.0 Å². The molecular weight excluding hydrogens is 446 g/mol. The Balaban J connectivity index is 1.35. The maximum atomic E-state index is 12.8. The molecule has 2 aromatic rings. The Labute approximate surface area is 195 Å². The highest BCUT2D eigenvalue weighted by Gasteiger charge is 2.28. The Morgan fingerprint density at radius 3 is 2.06 bits per heavy atom. The highest BCUT2D eigenvalue weighted by Crippen LogP contribution is 2.20. The number of amides is 1. The maximum Gasteiger partial charge on any atom is 0.257 e. The fourth-order valence-electron chi connectivity index (χ4n) is 3.44. The quantitative estimate of drug-likeness (QED) is 0.525. The Bertz CT molecular complexity index is 988. The molecule has 0 unspecified atom stereocenters. The van der Waals surface area contributed by atoms with Crippen LogP contribution in [-0.2, 0) is 14.8 Å². The van der Waals surface area contributed by atoms with Crippen molar-refractivity contribution in [2.45, 2.75) is 11.8 Å². The first-order chi connectivity index (χ1) is 15.9. The standard InChI is InChI=1S/C23H31N3O6S/c1-3-31-20-4-6-21(7-5-20)32-18-23(27)24-12-13-25-14-16-26(17-15-25)33(28,29)22-10-8-19(30-2)9-11-22/h4-11H,3,12-18H2,1-2H3,(H,24,27). The van der Waals surface area contributed by atoms with E-state index in [-0.39, 0.29) is 17.4 Å². The predicted molar refractivity (Wildman–Crippen MR) is 124 cm³/mol. The fraction of sp³-hybridized carbons (Fsp3) is 0.435. The van der Waals surface area contributed by atoms with Crippen molar-refractivity contribution in [1.29, 1.82) is 0 Å². The minimum atomic E-state index is -3.53. The topological polar surface area (TPSA) is 97.4 Å². The Kier molecular flexibility index (Phi) is 8.93. The van der Waals surface area contributed by atoms with Gasteiger partial charge in [-0.25, -0.2) is 8.42 Å². The summed E-state index contributed by atoms with van der Waals surface area (Å²) in [5.74, 6) is 1.77. The van der Waals surface area contributed by atoms with Gasteiger partial charge in [0.25, 0.3) is 5.91 Å². The van der Waals surface area contributed by atoms with Crippen LogP contribution >= 0.6 is 0 Å². The van der Waals surface area contributed by atoms with Crippen LogP contribution in [0.15, 0.2) is 53.4 Å². The molecule has 9 nitrogen and oxygen atoms in total. The van der Waals surface area contributed by atoms with Gasteiger partial charge in [0, 0.05) is 39.3 Å². The largest absolute Gasteiger partial charge is 0.497 e.